The lowest BCUT2D eigenvalue weighted by Gasteiger charge is -2.32. The minimum Gasteiger partial charge on any atom is -0.405 e. The lowest BCUT2D eigenvalue weighted by molar-refractivity contribution is 0.00578. The molecule has 16 nitrogen and oxygen atoms in total. The highest BCUT2D eigenvalue weighted by atomic mass is 79.9. The van der Waals surface area contributed by atoms with E-state index in [9.17, 15) is 0 Å². The summed E-state index contributed by atoms with van der Waals surface area (Å²) in [6, 6.07) is 82.0. The van der Waals surface area contributed by atoms with Gasteiger partial charge < -0.3 is 27.9 Å². The highest BCUT2D eigenvalue weighted by molar-refractivity contribution is 9.10. The maximum Gasteiger partial charge on any atom is 0.516 e. The van der Waals surface area contributed by atoms with Gasteiger partial charge in [0, 0.05) is 57.0 Å². The third-order valence-corrected chi connectivity index (χ3v) is 20.9. The van der Waals surface area contributed by atoms with E-state index in [2.05, 4.69) is 165 Å². The summed E-state index contributed by atoms with van der Waals surface area (Å²) in [6.07, 6.45) is 6.13. The standard InChI is InChI=1S/C27H18N4.C17H19BN2O2.C16H11BrN2.C12H24B2O4.C11H7BrN2/c1-3-9-19(10-4-1)24-17-25(20-11-5-2-6-12-20)29-27(28-24)26-16-23-15-21-13-7-8-14-22(21)18-31(23)30-26;1-16(2)17(3,4)22-18(21-16)15-10-14-9-12-7-5-6-8-13(12)11-20(14)19-15;17-16-18-14(12-7-3-1-4-8-12)11-15(19-16)13-9-5-2-6-10-13;1-9(2)10(3,4)16-13(15-9)14-17-11(5,6)12(7,8)18-14;12-11-6-10-5-8-3-1-2-4-9(8)7-14(10)13-11/h1-18H;5-11H,1-4H3;1-11H;1-8H3;1-7H. The molecular weight excluding hydrogens is 1430 g/mol. The normalized spacial score (nSPS) is 16.5. The van der Waals surface area contributed by atoms with Crippen molar-refractivity contribution in [1.82, 2.24) is 48.8 Å². The maximum absolute atomic E-state index is 6.08. The third-order valence-electron chi connectivity index (χ3n) is 20.2. The van der Waals surface area contributed by atoms with Crippen LogP contribution in [0.15, 0.2) is 271 Å². The lowest BCUT2D eigenvalue weighted by Crippen LogP contribution is -2.41. The Morgan fingerprint density at radius 3 is 0.962 bits per heavy atom. The summed E-state index contributed by atoms with van der Waals surface area (Å²) in [4.78, 5) is 18.6. The van der Waals surface area contributed by atoms with Gasteiger partial charge in [0.15, 0.2) is 10.6 Å². The Kier molecular flexibility index (Phi) is 19.8. The Labute approximate surface area is 623 Å². The summed E-state index contributed by atoms with van der Waals surface area (Å²) in [5.41, 5.74) is 10.5. The number of rotatable bonds is 7. The van der Waals surface area contributed by atoms with Crippen LogP contribution in [-0.2, 0) is 27.9 Å². The average molecular weight is 1500 g/mol. The van der Waals surface area contributed by atoms with Crippen LogP contribution in [0, 0.1) is 0 Å². The number of aromatic nitrogens is 10. The second-order valence-corrected chi connectivity index (χ2v) is 30.6. The highest BCUT2D eigenvalue weighted by Gasteiger charge is 2.64. The summed E-state index contributed by atoms with van der Waals surface area (Å²) >= 11 is 6.75. The largest absolute Gasteiger partial charge is 0.516 e. The zero-order valence-electron chi connectivity index (χ0n) is 60.2. The highest BCUT2D eigenvalue weighted by Crippen LogP contribution is 2.44. The molecule has 0 unspecified atom stereocenters. The molecule has 104 heavy (non-hydrogen) atoms. The Bertz CT molecular complexity index is 5220. The predicted octanol–water partition coefficient (Wildman–Crippen LogP) is 19.1. The molecule has 0 N–H and O–H groups in total. The topological polar surface area (TPSA) is 159 Å². The van der Waals surface area contributed by atoms with Gasteiger partial charge in [0.2, 0.25) is 0 Å². The second-order valence-electron chi connectivity index (χ2n) is 29.1. The Hall–Kier alpha value is -9.54. The van der Waals surface area contributed by atoms with Crippen molar-refractivity contribution in [3.63, 3.8) is 0 Å². The molecule has 3 fully saturated rings. The molecule has 0 bridgehead atoms. The van der Waals surface area contributed by atoms with Crippen LogP contribution in [0.3, 0.4) is 0 Å². The van der Waals surface area contributed by atoms with Crippen LogP contribution < -0.4 is 5.59 Å². The fraction of sp³-hybridized carbons (Fsp3) is 0.217. The number of halogens is 2. The van der Waals surface area contributed by atoms with Gasteiger partial charge in [-0.2, -0.15) is 15.3 Å². The van der Waals surface area contributed by atoms with E-state index in [0.29, 0.717) is 10.6 Å². The molecule has 3 aliphatic rings. The first kappa shape index (κ1) is 71.5. The van der Waals surface area contributed by atoms with Crippen LogP contribution in [0.25, 0.3) is 105 Å². The van der Waals surface area contributed by atoms with Crippen molar-refractivity contribution in [3.8, 4) is 56.5 Å². The van der Waals surface area contributed by atoms with E-state index in [4.69, 9.17) is 43.0 Å². The molecule has 18 rings (SSSR count). The minimum atomic E-state index is -0.476. The van der Waals surface area contributed by atoms with Gasteiger partial charge in [-0.05, 0) is 180 Å². The molecule has 3 aliphatic heterocycles. The van der Waals surface area contributed by atoms with E-state index in [-0.39, 0.29) is 33.6 Å². The number of hydrogen-bond donors (Lipinski definition) is 0. The third kappa shape index (κ3) is 15.4. The SMILES string of the molecule is Brc1cc2cc3ccccc3cn2n1.Brc1nc(-c2ccccc2)cc(-c2ccccc2)n1.CC1(C)OB(B2OC(C)(C)C(C)(C)O2)OC1(C)C.CC1(C)OB(c2cc3cc4ccccc4cn3n2)OC1(C)C.c1ccc(-c2cc(-c3ccccc3)nc(-c3cc4cc5ccccc5cn4n3)n2)cc1. The van der Waals surface area contributed by atoms with Crippen molar-refractivity contribution < 1.29 is 27.9 Å². The Balaban J connectivity index is 0.000000113. The van der Waals surface area contributed by atoms with Crippen LogP contribution in [0.1, 0.15) is 83.1 Å². The quantitative estimate of drug-likeness (QED) is 0.110. The zero-order valence-corrected chi connectivity index (χ0v) is 63.4. The molecule has 0 spiro atoms. The van der Waals surface area contributed by atoms with Gasteiger partial charge in [-0.25, -0.2) is 33.5 Å². The van der Waals surface area contributed by atoms with Crippen molar-refractivity contribution in [1.29, 1.82) is 0 Å². The number of hydrogen-bond acceptors (Lipinski definition) is 13. The van der Waals surface area contributed by atoms with E-state index >= 15 is 0 Å². The van der Waals surface area contributed by atoms with Crippen LogP contribution in [0.2, 0.25) is 0 Å². The van der Waals surface area contributed by atoms with E-state index in [1.807, 2.05) is 245 Å². The summed E-state index contributed by atoms with van der Waals surface area (Å²) in [6.45, 7) is 24.4. The van der Waals surface area contributed by atoms with Crippen LogP contribution >= 0.6 is 31.9 Å². The molecule has 0 atom stereocenters. The summed E-state index contributed by atoms with van der Waals surface area (Å²) < 4.78 is 43.2. The van der Waals surface area contributed by atoms with Crippen LogP contribution in [0.5, 0.6) is 0 Å². The van der Waals surface area contributed by atoms with Crippen molar-refractivity contribution in [3.05, 3.63) is 271 Å². The molecule has 0 aliphatic carbocycles. The summed E-state index contributed by atoms with van der Waals surface area (Å²) in [5, 5.41) is 20.9. The van der Waals surface area contributed by atoms with Gasteiger partial charge >= 0.3 is 21.1 Å². The molecule has 8 aromatic heterocycles. The van der Waals surface area contributed by atoms with E-state index in [1.54, 1.807) is 0 Å². The van der Waals surface area contributed by atoms with Gasteiger partial charge in [-0.3, -0.25) is 0 Å². The molecule has 3 saturated heterocycles. The fourth-order valence-electron chi connectivity index (χ4n) is 12.2. The van der Waals surface area contributed by atoms with E-state index in [1.165, 1.54) is 26.9 Å². The van der Waals surface area contributed by atoms with Crippen LogP contribution in [0.4, 0.5) is 0 Å². The van der Waals surface area contributed by atoms with E-state index in [0.717, 1.165) is 82.9 Å². The van der Waals surface area contributed by atoms with Gasteiger partial charge in [0.1, 0.15) is 10.3 Å². The predicted molar refractivity (Wildman–Crippen MR) is 426 cm³/mol. The van der Waals surface area contributed by atoms with Gasteiger partial charge in [-0.1, -0.05) is 194 Å². The first-order chi connectivity index (χ1) is 49.7. The zero-order chi connectivity index (χ0) is 72.8. The first-order valence-corrected chi connectivity index (χ1v) is 36.3. The molecule has 520 valence electrons. The lowest BCUT2D eigenvalue weighted by atomic mass is 9.49. The van der Waals surface area contributed by atoms with Gasteiger partial charge in [0.05, 0.1) is 78.5 Å². The summed E-state index contributed by atoms with van der Waals surface area (Å²) in [5.74, 6) is 0.618. The minimum absolute atomic E-state index is 0.349. The fourth-order valence-corrected chi connectivity index (χ4v) is 13.0. The van der Waals surface area contributed by atoms with Crippen molar-refractivity contribution in [2.45, 2.75) is 117 Å². The number of pyridine rings is 3. The van der Waals surface area contributed by atoms with Gasteiger partial charge in [-0.15, -0.1) is 0 Å². The van der Waals surface area contributed by atoms with Crippen molar-refractivity contribution in [2.75, 3.05) is 0 Å². The van der Waals surface area contributed by atoms with Crippen molar-refractivity contribution >= 4 is 107 Å². The second kappa shape index (κ2) is 28.8. The maximum atomic E-state index is 6.08. The molecule has 11 heterocycles. The summed E-state index contributed by atoms with van der Waals surface area (Å²) in [7, 11) is -1.37. The molecule has 0 amide bonds. The molecule has 0 saturated carbocycles. The van der Waals surface area contributed by atoms with Gasteiger partial charge in [0.25, 0.3) is 0 Å². The number of fused-ring (bicyclic) bond motifs is 6. The van der Waals surface area contributed by atoms with Crippen LogP contribution in [-0.4, -0.2) is 104 Å². The number of benzene rings is 7. The van der Waals surface area contributed by atoms with Crippen molar-refractivity contribution in [2.24, 2.45) is 0 Å². The van der Waals surface area contributed by atoms with E-state index < -0.39 is 21.1 Å². The Morgan fingerprint density at radius 1 is 0.288 bits per heavy atom. The molecule has 15 aromatic rings. The molecule has 0 radical (unpaired) electrons. The molecular formula is C83H79B3Br2N10O6. The first-order valence-electron chi connectivity index (χ1n) is 34.8. The monoisotopic (exact) mass is 1500 g/mol. The molecule has 7 aromatic carbocycles. The average Bonchev–Trinajstić information content (AvgIpc) is 1.60. The number of nitrogens with zero attached hydrogens (tertiary/aromatic N) is 10. The molecule has 21 heteroatoms. The smallest absolute Gasteiger partial charge is 0.405 e. The Morgan fingerprint density at radius 2 is 0.587 bits per heavy atom.